The van der Waals surface area contributed by atoms with Crippen LogP contribution in [0.1, 0.15) is 25.7 Å². The molecular weight excluding hydrogens is 296 g/mol. The van der Waals surface area contributed by atoms with Gasteiger partial charge in [-0.3, -0.25) is 4.79 Å². The quantitative estimate of drug-likeness (QED) is 0.942. The summed E-state index contributed by atoms with van der Waals surface area (Å²) in [5.41, 5.74) is 1.07. The van der Waals surface area contributed by atoms with Gasteiger partial charge in [0.1, 0.15) is 11.0 Å². The lowest BCUT2D eigenvalue weighted by Crippen LogP contribution is -2.44. The molecule has 1 unspecified atom stereocenters. The average molecular weight is 314 g/mol. The highest BCUT2D eigenvalue weighted by Crippen LogP contribution is 2.33. The molecule has 5 nitrogen and oxygen atoms in total. The average Bonchev–Trinajstić information content (AvgIpc) is 3.06. The summed E-state index contributed by atoms with van der Waals surface area (Å²) in [5.74, 6) is 0.150. The van der Waals surface area contributed by atoms with E-state index in [-0.39, 0.29) is 11.9 Å². The number of nitrogens with zero attached hydrogens (tertiary/aromatic N) is 3. The van der Waals surface area contributed by atoms with Crippen LogP contribution in [0.3, 0.4) is 0 Å². The number of benzene rings is 1. The number of carbonyl (C=O) groups is 1. The molecule has 22 heavy (non-hydrogen) atoms. The molecule has 1 amide bonds. The topological polar surface area (TPSA) is 58.1 Å². The number of amides is 1. The zero-order chi connectivity index (χ0) is 14.9. The smallest absolute Gasteiger partial charge is 0.243 e. The van der Waals surface area contributed by atoms with Crippen molar-refractivity contribution in [1.29, 1.82) is 0 Å². The van der Waals surface area contributed by atoms with Crippen LogP contribution in [0.15, 0.2) is 30.3 Å². The minimum absolute atomic E-state index is 0.0860. The second kappa shape index (κ2) is 5.68. The van der Waals surface area contributed by atoms with Gasteiger partial charge in [-0.2, -0.15) is 0 Å². The van der Waals surface area contributed by atoms with E-state index in [2.05, 4.69) is 20.4 Å². The van der Waals surface area contributed by atoms with Crippen molar-refractivity contribution in [1.82, 2.24) is 15.5 Å². The van der Waals surface area contributed by atoms with Crippen LogP contribution in [0, 0.1) is 0 Å². The van der Waals surface area contributed by atoms with E-state index in [1.54, 1.807) is 11.3 Å². The molecule has 2 fully saturated rings. The minimum atomic E-state index is -0.0860. The fraction of sp³-hybridized carbons (Fsp3) is 0.438. The maximum Gasteiger partial charge on any atom is 0.243 e. The fourth-order valence-electron chi connectivity index (χ4n) is 2.82. The van der Waals surface area contributed by atoms with Crippen molar-refractivity contribution < 1.29 is 4.79 Å². The van der Waals surface area contributed by atoms with Crippen molar-refractivity contribution in [2.24, 2.45) is 0 Å². The van der Waals surface area contributed by atoms with Gasteiger partial charge in [0.2, 0.25) is 11.0 Å². The monoisotopic (exact) mass is 314 g/mol. The number of hydrogen-bond acceptors (Lipinski definition) is 5. The Bertz CT molecular complexity index is 668. The number of anilines is 1. The second-order valence-electron chi connectivity index (χ2n) is 5.89. The van der Waals surface area contributed by atoms with Gasteiger partial charge >= 0.3 is 0 Å². The lowest BCUT2D eigenvalue weighted by atomic mass is 10.2. The van der Waals surface area contributed by atoms with E-state index < -0.39 is 0 Å². The molecule has 1 aliphatic heterocycles. The first-order chi connectivity index (χ1) is 10.8. The molecule has 0 bridgehead atoms. The molecule has 4 rings (SSSR count). The number of hydrogen-bond donors (Lipinski definition) is 1. The van der Waals surface area contributed by atoms with Gasteiger partial charge in [-0.1, -0.05) is 41.7 Å². The Kier molecular flexibility index (Phi) is 3.54. The summed E-state index contributed by atoms with van der Waals surface area (Å²) in [5, 5.41) is 13.5. The predicted molar refractivity (Wildman–Crippen MR) is 86.9 cm³/mol. The van der Waals surface area contributed by atoms with E-state index in [0.29, 0.717) is 6.04 Å². The lowest BCUT2D eigenvalue weighted by molar-refractivity contribution is -0.122. The minimum Gasteiger partial charge on any atom is -0.352 e. The van der Waals surface area contributed by atoms with Crippen molar-refractivity contribution in [3.05, 3.63) is 30.3 Å². The first-order valence-electron chi connectivity index (χ1n) is 7.77. The highest BCUT2D eigenvalue weighted by molar-refractivity contribution is 7.18. The largest absolute Gasteiger partial charge is 0.352 e. The molecule has 1 atom stereocenters. The summed E-state index contributed by atoms with van der Waals surface area (Å²) in [7, 11) is 0. The Morgan fingerprint density at radius 3 is 2.77 bits per heavy atom. The van der Waals surface area contributed by atoms with Crippen LogP contribution in [0.2, 0.25) is 0 Å². The Hall–Kier alpha value is -1.95. The van der Waals surface area contributed by atoms with E-state index in [1.165, 1.54) is 0 Å². The molecule has 1 aromatic heterocycles. The van der Waals surface area contributed by atoms with Crippen LogP contribution in [0.4, 0.5) is 5.13 Å². The SMILES string of the molecule is O=C(NC1CC1)C1CCCN1c1nnc(-c2ccccc2)s1. The van der Waals surface area contributed by atoms with Crippen molar-refractivity contribution >= 4 is 22.4 Å². The normalized spacial score (nSPS) is 21.1. The number of aromatic nitrogens is 2. The molecule has 6 heteroatoms. The first kappa shape index (κ1) is 13.7. The molecule has 1 saturated heterocycles. The Balaban J connectivity index is 1.53. The lowest BCUT2D eigenvalue weighted by Gasteiger charge is -2.22. The number of nitrogens with one attached hydrogen (secondary N) is 1. The molecule has 114 valence electrons. The van der Waals surface area contributed by atoms with E-state index in [1.807, 2.05) is 30.3 Å². The van der Waals surface area contributed by atoms with Gasteiger partial charge in [-0.25, -0.2) is 0 Å². The van der Waals surface area contributed by atoms with Crippen molar-refractivity contribution in [2.45, 2.75) is 37.8 Å². The molecule has 1 aliphatic carbocycles. The molecule has 1 aromatic carbocycles. The van der Waals surface area contributed by atoms with Gasteiger partial charge in [-0.15, -0.1) is 10.2 Å². The molecule has 1 N–H and O–H groups in total. The Morgan fingerprint density at radius 1 is 1.18 bits per heavy atom. The fourth-order valence-corrected chi connectivity index (χ4v) is 3.75. The summed E-state index contributed by atoms with van der Waals surface area (Å²) in [6, 6.07) is 10.4. The molecule has 2 aliphatic rings. The molecule has 2 aromatic rings. The van der Waals surface area contributed by atoms with Crippen LogP contribution in [0.5, 0.6) is 0 Å². The standard InChI is InChI=1S/C16H18N4OS/c21-14(17-12-8-9-12)13-7-4-10-20(13)16-19-18-15(22-16)11-5-2-1-3-6-11/h1-3,5-6,12-13H,4,7-10H2,(H,17,21). The van der Waals surface area contributed by atoms with Gasteiger partial charge in [0.25, 0.3) is 0 Å². The van der Waals surface area contributed by atoms with E-state index in [4.69, 9.17) is 0 Å². The number of rotatable bonds is 4. The third-order valence-corrected chi connectivity index (χ3v) is 5.17. The van der Waals surface area contributed by atoms with Gasteiger partial charge < -0.3 is 10.2 Å². The third-order valence-electron chi connectivity index (χ3n) is 4.16. The van der Waals surface area contributed by atoms with E-state index >= 15 is 0 Å². The molecule has 0 spiro atoms. The van der Waals surface area contributed by atoms with Gasteiger partial charge in [0, 0.05) is 18.2 Å². The summed E-state index contributed by atoms with van der Waals surface area (Å²) in [6.45, 7) is 0.881. The van der Waals surface area contributed by atoms with Crippen molar-refractivity contribution in [2.75, 3.05) is 11.4 Å². The van der Waals surface area contributed by atoms with Crippen LogP contribution in [-0.4, -0.2) is 34.7 Å². The second-order valence-corrected chi connectivity index (χ2v) is 6.85. The van der Waals surface area contributed by atoms with E-state index in [0.717, 1.165) is 47.9 Å². The zero-order valence-corrected chi connectivity index (χ0v) is 13.1. The molecular formula is C16H18N4OS. The molecule has 0 radical (unpaired) electrons. The summed E-state index contributed by atoms with van der Waals surface area (Å²) >= 11 is 1.56. The Morgan fingerprint density at radius 2 is 2.00 bits per heavy atom. The van der Waals surface area contributed by atoms with E-state index in [9.17, 15) is 4.79 Å². The molecule has 1 saturated carbocycles. The van der Waals surface area contributed by atoms with Gasteiger partial charge in [0.15, 0.2) is 0 Å². The molecule has 2 heterocycles. The summed E-state index contributed by atoms with van der Waals surface area (Å²) < 4.78 is 0. The Labute approximate surface area is 133 Å². The van der Waals surface area contributed by atoms with Crippen molar-refractivity contribution in [3.8, 4) is 10.6 Å². The van der Waals surface area contributed by atoms with Crippen LogP contribution in [-0.2, 0) is 4.79 Å². The van der Waals surface area contributed by atoms with Gasteiger partial charge in [-0.05, 0) is 25.7 Å². The highest BCUT2D eigenvalue weighted by atomic mass is 32.1. The highest BCUT2D eigenvalue weighted by Gasteiger charge is 2.35. The van der Waals surface area contributed by atoms with Gasteiger partial charge in [0.05, 0.1) is 0 Å². The zero-order valence-electron chi connectivity index (χ0n) is 12.2. The first-order valence-corrected chi connectivity index (χ1v) is 8.59. The summed E-state index contributed by atoms with van der Waals surface area (Å²) in [4.78, 5) is 14.5. The third kappa shape index (κ3) is 2.70. The maximum absolute atomic E-state index is 12.4. The number of carbonyl (C=O) groups excluding carboxylic acids is 1. The predicted octanol–water partition coefficient (Wildman–Crippen LogP) is 2.45. The summed E-state index contributed by atoms with van der Waals surface area (Å²) in [6.07, 6.45) is 4.17. The van der Waals surface area contributed by atoms with Crippen LogP contribution in [0.25, 0.3) is 10.6 Å². The van der Waals surface area contributed by atoms with Crippen LogP contribution < -0.4 is 10.2 Å². The van der Waals surface area contributed by atoms with Crippen LogP contribution >= 0.6 is 11.3 Å². The maximum atomic E-state index is 12.4. The van der Waals surface area contributed by atoms with Crippen molar-refractivity contribution in [3.63, 3.8) is 0 Å².